The fourth-order valence-corrected chi connectivity index (χ4v) is 4.41. The second kappa shape index (κ2) is 9.88. The molecular weight excluding hydrogens is 454 g/mol. The molecular formula is C25H23N3O5S. The number of hydrogen-bond acceptors (Lipinski definition) is 7. The van der Waals surface area contributed by atoms with Crippen molar-refractivity contribution in [3.05, 3.63) is 81.1 Å². The van der Waals surface area contributed by atoms with Crippen molar-refractivity contribution in [2.75, 3.05) is 18.5 Å². The van der Waals surface area contributed by atoms with E-state index in [4.69, 9.17) is 9.47 Å². The lowest BCUT2D eigenvalue weighted by Crippen LogP contribution is -2.25. The number of rotatable bonds is 7. The Labute approximate surface area is 199 Å². The average molecular weight is 478 g/mol. The maximum Gasteiger partial charge on any atom is 0.359 e. The van der Waals surface area contributed by atoms with Crippen LogP contribution < -0.4 is 15.6 Å². The van der Waals surface area contributed by atoms with Gasteiger partial charge in [0.2, 0.25) is 0 Å². The molecule has 34 heavy (non-hydrogen) atoms. The quantitative estimate of drug-likeness (QED) is 0.391. The molecule has 9 heteroatoms. The Balaban J connectivity index is 1.85. The number of carbonyl (C=O) groups excluding carboxylic acids is 2. The molecule has 2 heterocycles. The van der Waals surface area contributed by atoms with Crippen molar-refractivity contribution < 1.29 is 19.1 Å². The average Bonchev–Trinajstić information content (AvgIpc) is 3.24. The van der Waals surface area contributed by atoms with Crippen molar-refractivity contribution in [1.29, 1.82) is 0 Å². The highest BCUT2D eigenvalue weighted by Crippen LogP contribution is 2.31. The Morgan fingerprint density at radius 2 is 1.85 bits per heavy atom. The van der Waals surface area contributed by atoms with Crippen molar-refractivity contribution in [2.45, 2.75) is 20.8 Å². The summed E-state index contributed by atoms with van der Waals surface area (Å²) in [5.74, 6) is -0.358. The largest absolute Gasteiger partial charge is 0.494 e. The smallest absolute Gasteiger partial charge is 0.359 e. The number of benzene rings is 2. The van der Waals surface area contributed by atoms with E-state index in [1.54, 1.807) is 54.8 Å². The molecule has 2 aromatic carbocycles. The predicted octanol–water partition coefficient (Wildman–Crippen LogP) is 4.58. The van der Waals surface area contributed by atoms with E-state index >= 15 is 0 Å². The topological polar surface area (TPSA) is 99.5 Å². The maximum atomic E-state index is 13.5. The van der Waals surface area contributed by atoms with E-state index < -0.39 is 11.5 Å². The molecule has 0 aliphatic rings. The first-order chi connectivity index (χ1) is 16.4. The van der Waals surface area contributed by atoms with Crippen LogP contribution in [-0.2, 0) is 4.74 Å². The van der Waals surface area contributed by atoms with E-state index in [0.717, 1.165) is 21.6 Å². The number of aromatic nitrogens is 2. The molecule has 0 aliphatic heterocycles. The molecule has 0 radical (unpaired) electrons. The minimum atomic E-state index is -0.651. The number of thiophene rings is 1. The number of fused-ring (bicyclic) bond motifs is 1. The van der Waals surface area contributed by atoms with E-state index in [-0.39, 0.29) is 23.6 Å². The summed E-state index contributed by atoms with van der Waals surface area (Å²) in [6.45, 7) is 6.13. The number of aryl methyl sites for hydroxylation is 1. The fraction of sp³-hybridized carbons (Fsp3) is 0.200. The highest BCUT2D eigenvalue weighted by atomic mass is 32.1. The summed E-state index contributed by atoms with van der Waals surface area (Å²) in [7, 11) is 0. The monoisotopic (exact) mass is 477 g/mol. The third-order valence-electron chi connectivity index (χ3n) is 5.02. The van der Waals surface area contributed by atoms with Crippen molar-refractivity contribution in [3.63, 3.8) is 0 Å². The summed E-state index contributed by atoms with van der Waals surface area (Å²) >= 11 is 1.15. The van der Waals surface area contributed by atoms with Crippen molar-refractivity contribution in [3.8, 4) is 11.4 Å². The molecule has 0 saturated carbocycles. The van der Waals surface area contributed by atoms with E-state index in [2.05, 4.69) is 10.4 Å². The van der Waals surface area contributed by atoms with Crippen LogP contribution in [0, 0.1) is 6.92 Å². The maximum absolute atomic E-state index is 13.5. The summed E-state index contributed by atoms with van der Waals surface area (Å²) in [6, 6.07) is 13.9. The number of hydrogen-bond donors (Lipinski definition) is 1. The zero-order chi connectivity index (χ0) is 24.2. The van der Waals surface area contributed by atoms with E-state index in [9.17, 15) is 14.4 Å². The summed E-state index contributed by atoms with van der Waals surface area (Å²) in [5, 5.41) is 9.61. The Bertz CT molecular complexity index is 1420. The molecule has 0 saturated heterocycles. The summed E-state index contributed by atoms with van der Waals surface area (Å²) in [4.78, 5) is 39.0. The zero-order valence-corrected chi connectivity index (χ0v) is 19.8. The summed E-state index contributed by atoms with van der Waals surface area (Å²) in [6.07, 6.45) is 0. The molecule has 4 aromatic rings. The SMILES string of the molecule is CCOC(=O)c1nn(-c2ccc(OCC)cc2)c(=O)c2c(NC(=O)c3cccc(C)c3)scc12. The Kier molecular flexibility index (Phi) is 6.74. The second-order valence-electron chi connectivity index (χ2n) is 7.39. The van der Waals surface area contributed by atoms with Crippen molar-refractivity contribution >= 4 is 39.0 Å². The molecule has 0 spiro atoms. The van der Waals surface area contributed by atoms with Crippen LogP contribution >= 0.6 is 11.3 Å². The molecule has 1 N–H and O–H groups in total. The lowest BCUT2D eigenvalue weighted by Gasteiger charge is -2.11. The van der Waals surface area contributed by atoms with E-state index in [1.807, 2.05) is 19.9 Å². The number of anilines is 1. The number of carbonyl (C=O) groups is 2. The molecule has 0 unspecified atom stereocenters. The van der Waals surface area contributed by atoms with Gasteiger partial charge in [-0.3, -0.25) is 9.59 Å². The van der Waals surface area contributed by atoms with Gasteiger partial charge in [-0.1, -0.05) is 17.7 Å². The molecule has 2 aromatic heterocycles. The first kappa shape index (κ1) is 23.2. The molecule has 4 rings (SSSR count). The highest BCUT2D eigenvalue weighted by molar-refractivity contribution is 7.16. The third-order valence-corrected chi connectivity index (χ3v) is 5.92. The number of amides is 1. The van der Waals surface area contributed by atoms with Gasteiger partial charge in [0.05, 0.1) is 24.3 Å². The van der Waals surface area contributed by atoms with Gasteiger partial charge in [-0.2, -0.15) is 9.78 Å². The van der Waals surface area contributed by atoms with E-state index in [0.29, 0.717) is 34.0 Å². The molecule has 0 fully saturated rings. The van der Waals surface area contributed by atoms with Gasteiger partial charge in [0.1, 0.15) is 10.8 Å². The van der Waals surface area contributed by atoms with E-state index in [1.165, 1.54) is 0 Å². The number of nitrogens with one attached hydrogen (secondary N) is 1. The summed E-state index contributed by atoms with van der Waals surface area (Å²) < 4.78 is 11.8. The lowest BCUT2D eigenvalue weighted by molar-refractivity contribution is 0.0520. The van der Waals surface area contributed by atoms with Gasteiger partial charge < -0.3 is 14.8 Å². The van der Waals surface area contributed by atoms with Crippen molar-refractivity contribution in [1.82, 2.24) is 9.78 Å². The fourth-order valence-electron chi connectivity index (χ4n) is 3.48. The normalized spacial score (nSPS) is 10.8. The van der Waals surface area contributed by atoms with Crippen LogP contribution in [0.4, 0.5) is 5.00 Å². The Morgan fingerprint density at radius 3 is 2.53 bits per heavy atom. The molecule has 0 aliphatic carbocycles. The minimum Gasteiger partial charge on any atom is -0.494 e. The van der Waals surface area contributed by atoms with Gasteiger partial charge in [-0.25, -0.2) is 4.79 Å². The van der Waals surface area contributed by atoms with Crippen LogP contribution in [0.15, 0.2) is 58.7 Å². The van der Waals surface area contributed by atoms with Crippen LogP contribution in [-0.4, -0.2) is 34.9 Å². The second-order valence-corrected chi connectivity index (χ2v) is 8.27. The van der Waals surface area contributed by atoms with Gasteiger partial charge in [-0.15, -0.1) is 11.3 Å². The minimum absolute atomic E-state index is 0.00219. The van der Waals surface area contributed by atoms with Gasteiger partial charge in [0.15, 0.2) is 5.69 Å². The van der Waals surface area contributed by atoms with Gasteiger partial charge in [-0.05, 0) is 57.2 Å². The number of esters is 1. The molecule has 1 amide bonds. The first-order valence-corrected chi connectivity index (χ1v) is 11.6. The molecule has 0 atom stereocenters. The van der Waals surface area contributed by atoms with Crippen molar-refractivity contribution in [2.24, 2.45) is 0 Å². The molecule has 8 nitrogen and oxygen atoms in total. The molecule has 0 bridgehead atoms. The van der Waals surface area contributed by atoms with Crippen LogP contribution in [0.3, 0.4) is 0 Å². The van der Waals surface area contributed by atoms with Gasteiger partial charge >= 0.3 is 5.97 Å². The Hall–Kier alpha value is -3.98. The third kappa shape index (κ3) is 4.55. The predicted molar refractivity (Wildman–Crippen MR) is 131 cm³/mol. The van der Waals surface area contributed by atoms with Crippen LogP contribution in [0.25, 0.3) is 16.5 Å². The Morgan fingerprint density at radius 1 is 1.09 bits per heavy atom. The highest BCUT2D eigenvalue weighted by Gasteiger charge is 2.23. The van der Waals surface area contributed by atoms with Gasteiger partial charge in [0.25, 0.3) is 11.5 Å². The first-order valence-electron chi connectivity index (χ1n) is 10.8. The van der Waals surface area contributed by atoms with Crippen LogP contribution in [0.5, 0.6) is 5.75 Å². The van der Waals surface area contributed by atoms with Gasteiger partial charge in [0, 0.05) is 16.3 Å². The molecule has 174 valence electrons. The number of ether oxygens (including phenoxy) is 2. The van der Waals surface area contributed by atoms with Crippen LogP contribution in [0.1, 0.15) is 40.3 Å². The zero-order valence-electron chi connectivity index (χ0n) is 19.0. The summed E-state index contributed by atoms with van der Waals surface area (Å²) in [5.41, 5.74) is 1.39. The lowest BCUT2D eigenvalue weighted by atomic mass is 10.1. The van der Waals surface area contributed by atoms with Crippen LogP contribution in [0.2, 0.25) is 0 Å². The standard InChI is InChI=1S/C25H23N3O5S/c1-4-32-18-11-9-17(10-12-18)28-24(30)20-19(21(27-28)25(31)33-5-2)14-34-23(20)26-22(29)16-8-6-7-15(3)13-16/h6-14H,4-5H2,1-3H3,(H,26,29). The number of nitrogens with zero attached hydrogens (tertiary/aromatic N) is 2.